The SMILES string of the molecule is CCCCCCCCC(N)C1CN2CCCC2CO1. The molecule has 0 aromatic rings. The minimum Gasteiger partial charge on any atom is -0.374 e. The topological polar surface area (TPSA) is 38.5 Å². The number of hydrogen-bond acceptors (Lipinski definition) is 3. The normalized spacial score (nSPS) is 29.4. The van der Waals surface area contributed by atoms with Gasteiger partial charge >= 0.3 is 0 Å². The van der Waals surface area contributed by atoms with Crippen LogP contribution < -0.4 is 5.73 Å². The summed E-state index contributed by atoms with van der Waals surface area (Å²) in [6, 6.07) is 0.935. The van der Waals surface area contributed by atoms with Crippen LogP contribution in [-0.4, -0.2) is 42.8 Å². The Bertz CT molecular complexity index is 247. The fourth-order valence-corrected chi connectivity index (χ4v) is 3.45. The highest BCUT2D eigenvalue weighted by molar-refractivity contribution is 4.88. The number of rotatable bonds is 8. The van der Waals surface area contributed by atoms with E-state index in [0.29, 0.717) is 6.04 Å². The summed E-state index contributed by atoms with van der Waals surface area (Å²) in [5, 5.41) is 0. The third kappa shape index (κ3) is 4.73. The molecule has 2 saturated heterocycles. The van der Waals surface area contributed by atoms with Gasteiger partial charge in [-0.05, 0) is 25.8 Å². The van der Waals surface area contributed by atoms with Crippen LogP contribution in [-0.2, 0) is 4.74 Å². The average molecular weight is 268 g/mol. The largest absolute Gasteiger partial charge is 0.374 e. The third-order valence-corrected chi connectivity index (χ3v) is 4.78. The molecule has 0 aromatic heterocycles. The average Bonchev–Trinajstić information content (AvgIpc) is 2.89. The lowest BCUT2D eigenvalue weighted by atomic mass is 10.0. The molecule has 2 heterocycles. The Morgan fingerprint density at radius 3 is 2.84 bits per heavy atom. The highest BCUT2D eigenvalue weighted by atomic mass is 16.5. The van der Waals surface area contributed by atoms with Crippen LogP contribution in [0.15, 0.2) is 0 Å². The highest BCUT2D eigenvalue weighted by Crippen LogP contribution is 2.24. The van der Waals surface area contributed by atoms with Crippen LogP contribution in [0.3, 0.4) is 0 Å². The van der Waals surface area contributed by atoms with Crippen molar-refractivity contribution >= 4 is 0 Å². The van der Waals surface area contributed by atoms with Gasteiger partial charge in [-0.1, -0.05) is 45.4 Å². The Labute approximate surface area is 118 Å². The number of unbranched alkanes of at least 4 members (excludes halogenated alkanes) is 5. The smallest absolute Gasteiger partial charge is 0.0853 e. The fraction of sp³-hybridized carbons (Fsp3) is 1.00. The Balaban J connectivity index is 1.57. The molecule has 2 aliphatic heterocycles. The second-order valence-electron chi connectivity index (χ2n) is 6.38. The molecule has 0 aromatic carbocycles. The van der Waals surface area contributed by atoms with Crippen molar-refractivity contribution in [3.05, 3.63) is 0 Å². The molecule has 2 N–H and O–H groups in total. The lowest BCUT2D eigenvalue weighted by molar-refractivity contribution is -0.0602. The zero-order valence-corrected chi connectivity index (χ0v) is 12.7. The number of nitrogens with zero attached hydrogens (tertiary/aromatic N) is 1. The van der Waals surface area contributed by atoms with Gasteiger partial charge in [0.05, 0.1) is 12.7 Å². The van der Waals surface area contributed by atoms with Crippen LogP contribution in [0.2, 0.25) is 0 Å². The molecule has 2 rings (SSSR count). The first-order valence-electron chi connectivity index (χ1n) is 8.42. The van der Waals surface area contributed by atoms with E-state index < -0.39 is 0 Å². The van der Waals surface area contributed by atoms with Gasteiger partial charge in [0.2, 0.25) is 0 Å². The van der Waals surface area contributed by atoms with Crippen LogP contribution in [0.4, 0.5) is 0 Å². The molecule has 3 atom stereocenters. The first-order chi connectivity index (χ1) is 9.31. The van der Waals surface area contributed by atoms with Gasteiger partial charge in [0, 0.05) is 18.6 Å². The molecule has 2 fully saturated rings. The number of ether oxygens (including phenoxy) is 1. The quantitative estimate of drug-likeness (QED) is 0.688. The van der Waals surface area contributed by atoms with E-state index in [-0.39, 0.29) is 12.1 Å². The molecule has 112 valence electrons. The van der Waals surface area contributed by atoms with E-state index in [1.807, 2.05) is 0 Å². The molecule has 3 unspecified atom stereocenters. The first-order valence-corrected chi connectivity index (χ1v) is 8.42. The van der Waals surface area contributed by atoms with Gasteiger partial charge in [0.15, 0.2) is 0 Å². The first kappa shape index (κ1) is 15.3. The van der Waals surface area contributed by atoms with Crippen LogP contribution in [0.25, 0.3) is 0 Å². The lowest BCUT2D eigenvalue weighted by Gasteiger charge is -2.37. The van der Waals surface area contributed by atoms with Gasteiger partial charge in [-0.25, -0.2) is 0 Å². The molecule has 2 aliphatic rings. The van der Waals surface area contributed by atoms with Crippen LogP contribution in [0, 0.1) is 0 Å². The van der Waals surface area contributed by atoms with Gasteiger partial charge in [0.1, 0.15) is 0 Å². The van der Waals surface area contributed by atoms with Crippen LogP contribution in [0.5, 0.6) is 0 Å². The van der Waals surface area contributed by atoms with Crippen LogP contribution >= 0.6 is 0 Å². The summed E-state index contributed by atoms with van der Waals surface area (Å²) in [6.45, 7) is 5.51. The Morgan fingerprint density at radius 1 is 1.21 bits per heavy atom. The van der Waals surface area contributed by atoms with E-state index in [4.69, 9.17) is 10.5 Å². The summed E-state index contributed by atoms with van der Waals surface area (Å²) in [6.07, 6.45) is 12.2. The summed E-state index contributed by atoms with van der Waals surface area (Å²) in [7, 11) is 0. The molecule has 0 spiro atoms. The van der Waals surface area contributed by atoms with Crippen molar-refractivity contribution in [1.82, 2.24) is 4.90 Å². The maximum absolute atomic E-state index is 6.32. The number of nitrogens with two attached hydrogens (primary N) is 1. The van der Waals surface area contributed by atoms with Crippen molar-refractivity contribution in [3.8, 4) is 0 Å². The predicted molar refractivity (Wildman–Crippen MR) is 80.3 cm³/mol. The molecule has 3 heteroatoms. The molecular weight excluding hydrogens is 236 g/mol. The maximum Gasteiger partial charge on any atom is 0.0853 e. The zero-order valence-electron chi connectivity index (χ0n) is 12.7. The van der Waals surface area contributed by atoms with Crippen molar-refractivity contribution in [2.24, 2.45) is 5.73 Å². The monoisotopic (exact) mass is 268 g/mol. The van der Waals surface area contributed by atoms with E-state index >= 15 is 0 Å². The van der Waals surface area contributed by atoms with E-state index in [2.05, 4.69) is 11.8 Å². The number of fused-ring (bicyclic) bond motifs is 1. The van der Waals surface area contributed by atoms with E-state index in [0.717, 1.165) is 19.6 Å². The summed E-state index contributed by atoms with van der Waals surface area (Å²) in [5.74, 6) is 0. The summed E-state index contributed by atoms with van der Waals surface area (Å²) < 4.78 is 5.98. The predicted octanol–water partition coefficient (Wildman–Crippen LogP) is 2.93. The van der Waals surface area contributed by atoms with Crippen molar-refractivity contribution in [2.45, 2.75) is 82.9 Å². The maximum atomic E-state index is 6.32. The van der Waals surface area contributed by atoms with Crippen molar-refractivity contribution in [3.63, 3.8) is 0 Å². The molecule has 0 radical (unpaired) electrons. The Hall–Kier alpha value is -0.120. The Kier molecular flexibility index (Phi) is 6.62. The minimum atomic E-state index is 0.243. The molecule has 19 heavy (non-hydrogen) atoms. The molecule has 3 nitrogen and oxygen atoms in total. The van der Waals surface area contributed by atoms with Gasteiger partial charge in [0.25, 0.3) is 0 Å². The van der Waals surface area contributed by atoms with E-state index in [1.54, 1.807) is 0 Å². The Morgan fingerprint density at radius 2 is 2.00 bits per heavy atom. The van der Waals surface area contributed by atoms with E-state index in [9.17, 15) is 0 Å². The van der Waals surface area contributed by atoms with Gasteiger partial charge in [-0.2, -0.15) is 0 Å². The molecular formula is C16H32N2O. The summed E-state index contributed by atoms with van der Waals surface area (Å²) in [5.41, 5.74) is 6.32. The molecule has 0 aliphatic carbocycles. The lowest BCUT2D eigenvalue weighted by Crippen LogP contribution is -2.52. The second kappa shape index (κ2) is 8.23. The number of morpholine rings is 1. The second-order valence-corrected chi connectivity index (χ2v) is 6.38. The van der Waals surface area contributed by atoms with Crippen LogP contribution in [0.1, 0.15) is 64.7 Å². The molecule has 0 bridgehead atoms. The van der Waals surface area contributed by atoms with Crippen molar-refractivity contribution < 1.29 is 4.74 Å². The zero-order chi connectivity index (χ0) is 13.5. The van der Waals surface area contributed by atoms with Gasteiger partial charge in [-0.3, -0.25) is 4.90 Å². The van der Waals surface area contributed by atoms with Gasteiger partial charge in [-0.15, -0.1) is 0 Å². The number of hydrogen-bond donors (Lipinski definition) is 1. The summed E-state index contributed by atoms with van der Waals surface area (Å²) >= 11 is 0. The third-order valence-electron chi connectivity index (χ3n) is 4.78. The van der Waals surface area contributed by atoms with Crippen molar-refractivity contribution in [2.75, 3.05) is 19.7 Å². The highest BCUT2D eigenvalue weighted by Gasteiger charge is 2.34. The fourth-order valence-electron chi connectivity index (χ4n) is 3.45. The molecule has 0 saturated carbocycles. The standard InChI is InChI=1S/C16H32N2O/c1-2-3-4-5-6-7-10-15(17)16-12-18-11-8-9-14(18)13-19-16/h14-16H,2-13,17H2,1H3. The minimum absolute atomic E-state index is 0.243. The van der Waals surface area contributed by atoms with E-state index in [1.165, 1.54) is 57.9 Å². The van der Waals surface area contributed by atoms with Gasteiger partial charge < -0.3 is 10.5 Å². The molecule has 0 amide bonds. The summed E-state index contributed by atoms with van der Waals surface area (Å²) in [4.78, 5) is 2.59. The van der Waals surface area contributed by atoms with Crippen molar-refractivity contribution in [1.29, 1.82) is 0 Å².